The summed E-state index contributed by atoms with van der Waals surface area (Å²) in [6, 6.07) is 0. The van der Waals surface area contributed by atoms with Crippen molar-refractivity contribution >= 4 is 6.29 Å². The summed E-state index contributed by atoms with van der Waals surface area (Å²) in [5.74, 6) is 1.17. The van der Waals surface area contributed by atoms with E-state index in [4.69, 9.17) is 4.74 Å². The third-order valence-corrected chi connectivity index (χ3v) is 4.20. The predicted molar refractivity (Wildman–Crippen MR) is 61.7 cm³/mol. The number of aldehydes is 1. The first-order valence-corrected chi connectivity index (χ1v) is 6.02. The molecule has 0 spiro atoms. The predicted octanol–water partition coefficient (Wildman–Crippen LogP) is 2.91. The van der Waals surface area contributed by atoms with Crippen molar-refractivity contribution in [3.8, 4) is 0 Å². The van der Waals surface area contributed by atoms with E-state index in [0.29, 0.717) is 11.8 Å². The summed E-state index contributed by atoms with van der Waals surface area (Å²) in [6.07, 6.45) is 4.77. The third kappa shape index (κ3) is 2.25. The van der Waals surface area contributed by atoms with Crippen LogP contribution in [0.3, 0.4) is 0 Å². The number of hydrogen-bond donors (Lipinski definition) is 0. The summed E-state index contributed by atoms with van der Waals surface area (Å²) in [6.45, 7) is 7.28. The Morgan fingerprint density at radius 2 is 2.20 bits per heavy atom. The fraction of sp³-hybridized carbons (Fsp3) is 0.923. The van der Waals surface area contributed by atoms with Gasteiger partial charge in [0.05, 0.1) is 6.61 Å². The van der Waals surface area contributed by atoms with Gasteiger partial charge in [-0.05, 0) is 18.3 Å². The molecule has 0 radical (unpaired) electrons. The number of rotatable bonds is 5. The minimum atomic E-state index is 0.102. The highest BCUT2D eigenvalue weighted by Crippen LogP contribution is 2.50. The lowest BCUT2D eigenvalue weighted by Gasteiger charge is -2.40. The normalized spacial score (nSPS) is 33.3. The third-order valence-electron chi connectivity index (χ3n) is 4.20. The second-order valence-corrected chi connectivity index (χ2v) is 5.37. The standard InChI is InChI=1S/C13H24O2/c1-10(2)12(8-14)13(9-15-4)7-5-6-11(13)3/h8,10-12H,5-7,9H2,1-4H3. The lowest BCUT2D eigenvalue weighted by Crippen LogP contribution is -2.41. The second-order valence-electron chi connectivity index (χ2n) is 5.37. The Hall–Kier alpha value is -0.370. The zero-order valence-corrected chi connectivity index (χ0v) is 10.5. The van der Waals surface area contributed by atoms with Gasteiger partial charge in [-0.2, -0.15) is 0 Å². The van der Waals surface area contributed by atoms with Crippen LogP contribution in [0.2, 0.25) is 0 Å². The zero-order chi connectivity index (χ0) is 11.5. The largest absolute Gasteiger partial charge is 0.384 e. The van der Waals surface area contributed by atoms with Crippen LogP contribution >= 0.6 is 0 Å². The van der Waals surface area contributed by atoms with Gasteiger partial charge in [-0.3, -0.25) is 0 Å². The van der Waals surface area contributed by atoms with E-state index in [1.807, 2.05) is 0 Å². The highest BCUT2D eigenvalue weighted by Gasteiger charge is 2.47. The van der Waals surface area contributed by atoms with E-state index in [-0.39, 0.29) is 11.3 Å². The zero-order valence-electron chi connectivity index (χ0n) is 10.5. The van der Waals surface area contributed by atoms with E-state index in [9.17, 15) is 4.79 Å². The topological polar surface area (TPSA) is 26.3 Å². The molecule has 1 aliphatic carbocycles. The smallest absolute Gasteiger partial charge is 0.123 e. The first-order chi connectivity index (χ1) is 7.08. The van der Waals surface area contributed by atoms with Gasteiger partial charge in [0.2, 0.25) is 0 Å². The van der Waals surface area contributed by atoms with E-state index in [1.54, 1.807) is 7.11 Å². The van der Waals surface area contributed by atoms with Gasteiger partial charge in [-0.1, -0.05) is 33.6 Å². The summed E-state index contributed by atoms with van der Waals surface area (Å²) in [5, 5.41) is 0. The molecule has 0 bridgehead atoms. The molecule has 0 N–H and O–H groups in total. The number of hydrogen-bond acceptors (Lipinski definition) is 2. The van der Waals surface area contributed by atoms with Crippen molar-refractivity contribution in [2.45, 2.75) is 40.0 Å². The van der Waals surface area contributed by atoms with Crippen molar-refractivity contribution in [1.82, 2.24) is 0 Å². The van der Waals surface area contributed by atoms with E-state index < -0.39 is 0 Å². The van der Waals surface area contributed by atoms with Crippen LogP contribution in [0.4, 0.5) is 0 Å². The molecule has 0 aromatic carbocycles. The van der Waals surface area contributed by atoms with Crippen molar-refractivity contribution in [1.29, 1.82) is 0 Å². The van der Waals surface area contributed by atoms with Gasteiger partial charge in [0.1, 0.15) is 6.29 Å². The molecule has 0 aromatic rings. The summed E-state index contributed by atoms with van der Waals surface area (Å²) >= 11 is 0. The summed E-state index contributed by atoms with van der Waals surface area (Å²) in [5.41, 5.74) is 0.102. The maximum absolute atomic E-state index is 11.3. The highest BCUT2D eigenvalue weighted by molar-refractivity contribution is 5.56. The highest BCUT2D eigenvalue weighted by atomic mass is 16.5. The molecule has 1 aliphatic rings. The van der Waals surface area contributed by atoms with Crippen molar-refractivity contribution in [2.24, 2.45) is 23.2 Å². The molecule has 1 fully saturated rings. The van der Waals surface area contributed by atoms with E-state index >= 15 is 0 Å². The minimum absolute atomic E-state index is 0.102. The summed E-state index contributed by atoms with van der Waals surface area (Å²) in [4.78, 5) is 11.3. The molecular formula is C13H24O2. The number of carbonyl (C=O) groups excluding carboxylic acids is 1. The summed E-state index contributed by atoms with van der Waals surface area (Å²) < 4.78 is 5.37. The molecule has 0 amide bonds. The SMILES string of the molecule is COCC1(C(C=O)C(C)C)CCCC1C. The van der Waals surface area contributed by atoms with Crippen molar-refractivity contribution in [3.05, 3.63) is 0 Å². The van der Waals surface area contributed by atoms with Crippen LogP contribution in [0.1, 0.15) is 40.0 Å². The van der Waals surface area contributed by atoms with Gasteiger partial charge in [0.25, 0.3) is 0 Å². The molecule has 3 atom stereocenters. The Kier molecular flexibility index (Phi) is 4.32. The first-order valence-electron chi connectivity index (χ1n) is 6.02. The molecule has 0 aliphatic heterocycles. The van der Waals surface area contributed by atoms with Crippen LogP contribution in [0.15, 0.2) is 0 Å². The molecule has 0 aromatic heterocycles. The van der Waals surface area contributed by atoms with Crippen molar-refractivity contribution < 1.29 is 9.53 Å². The second kappa shape index (κ2) is 5.11. The molecule has 2 heteroatoms. The molecule has 1 rings (SSSR count). The molecule has 88 valence electrons. The Labute approximate surface area is 93.4 Å². The average molecular weight is 212 g/mol. The van der Waals surface area contributed by atoms with Gasteiger partial charge in [-0.15, -0.1) is 0 Å². The van der Waals surface area contributed by atoms with E-state index in [0.717, 1.165) is 19.3 Å². The van der Waals surface area contributed by atoms with E-state index in [1.165, 1.54) is 12.8 Å². The quantitative estimate of drug-likeness (QED) is 0.655. The van der Waals surface area contributed by atoms with Crippen LogP contribution in [-0.4, -0.2) is 20.0 Å². The molecule has 3 unspecified atom stereocenters. The van der Waals surface area contributed by atoms with Gasteiger partial charge < -0.3 is 9.53 Å². The molecule has 0 heterocycles. The lowest BCUT2D eigenvalue weighted by atomic mass is 9.66. The monoisotopic (exact) mass is 212 g/mol. The Bertz CT molecular complexity index is 213. The average Bonchev–Trinajstić information content (AvgIpc) is 2.50. The molecule has 1 saturated carbocycles. The maximum Gasteiger partial charge on any atom is 0.123 e. The molecule has 15 heavy (non-hydrogen) atoms. The fourth-order valence-corrected chi connectivity index (χ4v) is 3.30. The molecule has 0 saturated heterocycles. The van der Waals surface area contributed by atoms with Crippen LogP contribution < -0.4 is 0 Å². The Morgan fingerprint density at radius 1 is 1.53 bits per heavy atom. The Morgan fingerprint density at radius 3 is 2.53 bits per heavy atom. The number of ether oxygens (including phenoxy) is 1. The van der Waals surface area contributed by atoms with E-state index in [2.05, 4.69) is 20.8 Å². The van der Waals surface area contributed by atoms with Crippen molar-refractivity contribution in [2.75, 3.05) is 13.7 Å². The number of methoxy groups -OCH3 is 1. The van der Waals surface area contributed by atoms with Crippen LogP contribution in [-0.2, 0) is 9.53 Å². The number of carbonyl (C=O) groups is 1. The molecule has 2 nitrogen and oxygen atoms in total. The fourth-order valence-electron chi connectivity index (χ4n) is 3.30. The van der Waals surface area contributed by atoms with Gasteiger partial charge in [-0.25, -0.2) is 0 Å². The Balaban J connectivity index is 2.92. The lowest BCUT2D eigenvalue weighted by molar-refractivity contribution is -0.121. The maximum atomic E-state index is 11.3. The van der Waals surface area contributed by atoms with Crippen LogP contribution in [0.25, 0.3) is 0 Å². The van der Waals surface area contributed by atoms with Crippen molar-refractivity contribution in [3.63, 3.8) is 0 Å². The van der Waals surface area contributed by atoms with Gasteiger partial charge >= 0.3 is 0 Å². The minimum Gasteiger partial charge on any atom is -0.384 e. The van der Waals surface area contributed by atoms with Crippen LogP contribution in [0.5, 0.6) is 0 Å². The van der Waals surface area contributed by atoms with Gasteiger partial charge in [0, 0.05) is 18.4 Å². The van der Waals surface area contributed by atoms with Gasteiger partial charge in [0.15, 0.2) is 0 Å². The first kappa shape index (κ1) is 12.7. The van der Waals surface area contributed by atoms with Crippen LogP contribution in [0, 0.1) is 23.2 Å². The summed E-state index contributed by atoms with van der Waals surface area (Å²) in [7, 11) is 1.75. The molecular weight excluding hydrogens is 188 g/mol.